The SMILES string of the molecule is O/N=C(\Cl)c1c[nH]c2ccc(Br)cc12. The maximum absolute atomic E-state index is 8.57. The standard InChI is InChI=1S/C9H6BrClN2O/c10-5-1-2-8-6(3-5)7(4-12-8)9(11)13-14/h1-4,12,14H/b13-9-. The summed E-state index contributed by atoms with van der Waals surface area (Å²) in [7, 11) is 0. The van der Waals surface area contributed by atoms with Crippen molar-refractivity contribution in [2.24, 2.45) is 5.16 Å². The molecule has 0 bridgehead atoms. The van der Waals surface area contributed by atoms with Crippen molar-refractivity contribution in [3.63, 3.8) is 0 Å². The van der Waals surface area contributed by atoms with E-state index in [1.807, 2.05) is 18.2 Å². The second-order valence-electron chi connectivity index (χ2n) is 2.78. The van der Waals surface area contributed by atoms with E-state index in [4.69, 9.17) is 16.8 Å². The maximum atomic E-state index is 8.57. The minimum atomic E-state index is 0.0781. The highest BCUT2D eigenvalue weighted by molar-refractivity contribution is 9.10. The fourth-order valence-corrected chi connectivity index (χ4v) is 1.83. The van der Waals surface area contributed by atoms with E-state index in [0.29, 0.717) is 5.56 Å². The monoisotopic (exact) mass is 272 g/mol. The lowest BCUT2D eigenvalue weighted by molar-refractivity contribution is 0.321. The van der Waals surface area contributed by atoms with Crippen molar-refractivity contribution in [3.8, 4) is 0 Å². The Labute approximate surface area is 93.5 Å². The molecule has 0 radical (unpaired) electrons. The Morgan fingerprint density at radius 2 is 2.29 bits per heavy atom. The van der Waals surface area contributed by atoms with Gasteiger partial charge in [0.1, 0.15) is 0 Å². The Balaban J connectivity index is 2.73. The number of aromatic nitrogens is 1. The van der Waals surface area contributed by atoms with Gasteiger partial charge in [0.25, 0.3) is 0 Å². The van der Waals surface area contributed by atoms with Crippen LogP contribution in [0.25, 0.3) is 10.9 Å². The van der Waals surface area contributed by atoms with E-state index in [1.165, 1.54) is 0 Å². The predicted molar refractivity (Wildman–Crippen MR) is 60.2 cm³/mol. The van der Waals surface area contributed by atoms with E-state index in [0.717, 1.165) is 15.4 Å². The van der Waals surface area contributed by atoms with Crippen LogP contribution in [0, 0.1) is 0 Å². The van der Waals surface area contributed by atoms with E-state index in [1.54, 1.807) is 6.20 Å². The molecule has 0 saturated heterocycles. The number of oxime groups is 1. The van der Waals surface area contributed by atoms with Crippen molar-refractivity contribution < 1.29 is 5.21 Å². The fourth-order valence-electron chi connectivity index (χ4n) is 1.32. The topological polar surface area (TPSA) is 48.4 Å². The average Bonchev–Trinajstić information content (AvgIpc) is 2.59. The first kappa shape index (κ1) is 9.55. The summed E-state index contributed by atoms with van der Waals surface area (Å²) in [5.41, 5.74) is 1.63. The molecule has 2 rings (SSSR count). The smallest absolute Gasteiger partial charge is 0.177 e. The molecule has 0 fully saturated rings. The van der Waals surface area contributed by atoms with Crippen LogP contribution in [0.4, 0.5) is 0 Å². The molecule has 0 saturated carbocycles. The Kier molecular flexibility index (Phi) is 2.48. The first-order valence-electron chi connectivity index (χ1n) is 3.87. The summed E-state index contributed by atoms with van der Waals surface area (Å²) in [5.74, 6) is 0. The van der Waals surface area contributed by atoms with Crippen molar-refractivity contribution in [3.05, 3.63) is 34.4 Å². The van der Waals surface area contributed by atoms with Gasteiger partial charge in [0.05, 0.1) is 0 Å². The van der Waals surface area contributed by atoms with Crippen LogP contribution in [0.2, 0.25) is 0 Å². The second-order valence-corrected chi connectivity index (χ2v) is 4.06. The molecule has 14 heavy (non-hydrogen) atoms. The molecular formula is C9H6BrClN2O. The zero-order valence-electron chi connectivity index (χ0n) is 6.96. The third-order valence-corrected chi connectivity index (χ3v) is 2.73. The van der Waals surface area contributed by atoms with Gasteiger partial charge in [-0.25, -0.2) is 0 Å². The third-order valence-electron chi connectivity index (χ3n) is 1.95. The maximum Gasteiger partial charge on any atom is 0.177 e. The molecule has 3 nitrogen and oxygen atoms in total. The van der Waals surface area contributed by atoms with Crippen LogP contribution in [0.3, 0.4) is 0 Å². The van der Waals surface area contributed by atoms with Crippen LogP contribution in [-0.4, -0.2) is 15.4 Å². The lowest BCUT2D eigenvalue weighted by Gasteiger charge is -1.94. The van der Waals surface area contributed by atoms with Gasteiger partial charge in [-0.05, 0) is 18.2 Å². The van der Waals surface area contributed by atoms with E-state index in [-0.39, 0.29) is 5.17 Å². The number of H-pyrrole nitrogens is 1. The van der Waals surface area contributed by atoms with Crippen molar-refractivity contribution >= 4 is 43.6 Å². The normalized spacial score (nSPS) is 12.3. The molecule has 0 atom stereocenters. The molecule has 1 heterocycles. The Bertz CT molecular complexity index is 506. The van der Waals surface area contributed by atoms with E-state index >= 15 is 0 Å². The molecular weight excluding hydrogens is 267 g/mol. The van der Waals surface area contributed by atoms with Gasteiger partial charge < -0.3 is 10.2 Å². The van der Waals surface area contributed by atoms with Crippen LogP contribution in [0.1, 0.15) is 5.56 Å². The minimum absolute atomic E-state index is 0.0781. The van der Waals surface area contributed by atoms with Gasteiger partial charge in [-0.1, -0.05) is 32.7 Å². The van der Waals surface area contributed by atoms with Crippen LogP contribution >= 0.6 is 27.5 Å². The van der Waals surface area contributed by atoms with Crippen LogP contribution < -0.4 is 0 Å². The number of halogens is 2. The molecule has 2 aromatic rings. The Morgan fingerprint density at radius 3 is 3.00 bits per heavy atom. The molecule has 0 unspecified atom stereocenters. The molecule has 0 spiro atoms. The van der Waals surface area contributed by atoms with Crippen molar-refractivity contribution in [1.82, 2.24) is 4.98 Å². The summed E-state index contributed by atoms with van der Waals surface area (Å²) in [6.07, 6.45) is 1.71. The van der Waals surface area contributed by atoms with Gasteiger partial charge in [-0.15, -0.1) is 0 Å². The molecule has 0 aliphatic heterocycles. The number of hydrogen-bond acceptors (Lipinski definition) is 2. The largest absolute Gasteiger partial charge is 0.410 e. The summed E-state index contributed by atoms with van der Waals surface area (Å²) in [6.45, 7) is 0. The van der Waals surface area contributed by atoms with E-state index in [2.05, 4.69) is 26.1 Å². The number of nitrogens with one attached hydrogen (secondary N) is 1. The number of aromatic amines is 1. The minimum Gasteiger partial charge on any atom is -0.410 e. The van der Waals surface area contributed by atoms with Crippen molar-refractivity contribution in [2.45, 2.75) is 0 Å². The Morgan fingerprint density at radius 1 is 1.50 bits per heavy atom. The molecule has 0 aliphatic carbocycles. The summed E-state index contributed by atoms with van der Waals surface area (Å²) in [6, 6.07) is 5.76. The molecule has 0 amide bonds. The molecule has 72 valence electrons. The summed E-state index contributed by atoms with van der Waals surface area (Å²) in [4.78, 5) is 3.03. The fraction of sp³-hybridized carbons (Fsp3) is 0. The summed E-state index contributed by atoms with van der Waals surface area (Å²) < 4.78 is 0.952. The number of hydrogen-bond donors (Lipinski definition) is 2. The van der Waals surface area contributed by atoms with Crippen LogP contribution in [0.15, 0.2) is 34.0 Å². The first-order chi connectivity index (χ1) is 6.72. The van der Waals surface area contributed by atoms with E-state index in [9.17, 15) is 0 Å². The highest BCUT2D eigenvalue weighted by atomic mass is 79.9. The molecule has 5 heteroatoms. The molecule has 1 aromatic heterocycles. The van der Waals surface area contributed by atoms with Gasteiger partial charge >= 0.3 is 0 Å². The van der Waals surface area contributed by atoms with Gasteiger partial charge in [-0.3, -0.25) is 0 Å². The van der Waals surface area contributed by atoms with Crippen molar-refractivity contribution in [2.75, 3.05) is 0 Å². The lowest BCUT2D eigenvalue weighted by atomic mass is 10.2. The number of rotatable bonds is 1. The van der Waals surface area contributed by atoms with Crippen LogP contribution in [-0.2, 0) is 0 Å². The van der Waals surface area contributed by atoms with Gasteiger partial charge in [0.2, 0.25) is 0 Å². The van der Waals surface area contributed by atoms with Crippen LogP contribution in [0.5, 0.6) is 0 Å². The lowest BCUT2D eigenvalue weighted by Crippen LogP contribution is -1.87. The summed E-state index contributed by atoms with van der Waals surface area (Å²) in [5, 5.41) is 12.5. The second kappa shape index (κ2) is 3.63. The van der Waals surface area contributed by atoms with Gasteiger partial charge in [-0.2, -0.15) is 0 Å². The molecule has 2 N–H and O–H groups in total. The summed E-state index contributed by atoms with van der Waals surface area (Å²) >= 11 is 9.09. The number of nitrogens with zero attached hydrogens (tertiary/aromatic N) is 1. The van der Waals surface area contributed by atoms with Gasteiger partial charge in [0, 0.05) is 27.1 Å². The molecule has 0 aliphatic rings. The van der Waals surface area contributed by atoms with Gasteiger partial charge in [0.15, 0.2) is 5.17 Å². The number of benzene rings is 1. The average molecular weight is 274 g/mol. The Hall–Kier alpha value is -1.000. The third kappa shape index (κ3) is 1.51. The highest BCUT2D eigenvalue weighted by Crippen LogP contribution is 2.23. The zero-order valence-corrected chi connectivity index (χ0v) is 9.30. The van der Waals surface area contributed by atoms with Crippen molar-refractivity contribution in [1.29, 1.82) is 0 Å². The number of fused-ring (bicyclic) bond motifs is 1. The quantitative estimate of drug-likeness (QED) is 0.467. The zero-order chi connectivity index (χ0) is 10.1. The molecule has 1 aromatic carbocycles. The first-order valence-corrected chi connectivity index (χ1v) is 5.04. The predicted octanol–water partition coefficient (Wildman–Crippen LogP) is 3.31. The highest BCUT2D eigenvalue weighted by Gasteiger charge is 2.08. The van der Waals surface area contributed by atoms with E-state index < -0.39 is 0 Å².